The fourth-order valence-electron chi connectivity index (χ4n) is 3.92. The van der Waals surface area contributed by atoms with Gasteiger partial charge in [0.05, 0.1) is 28.9 Å². The van der Waals surface area contributed by atoms with Gasteiger partial charge in [-0.15, -0.1) is 5.10 Å². The average molecular weight is 678 g/mol. The molecule has 0 saturated carbocycles. The van der Waals surface area contributed by atoms with Gasteiger partial charge in [0, 0.05) is 33.4 Å². The number of nitrogens with zero attached hydrogens (tertiary/aromatic N) is 4. The molecule has 44 heavy (non-hydrogen) atoms. The van der Waals surface area contributed by atoms with Crippen molar-refractivity contribution in [1.82, 2.24) is 4.90 Å². The Morgan fingerprint density at radius 1 is 1.14 bits per heavy atom. The van der Waals surface area contributed by atoms with E-state index >= 15 is 0 Å². The zero-order valence-corrected chi connectivity index (χ0v) is 25.0. The number of thioether (sulfide) groups is 1. The number of ether oxygens (including phenoxy) is 1. The highest BCUT2D eigenvalue weighted by Crippen LogP contribution is 2.36. The number of nitro benzene ring substituents is 1. The largest absolute Gasteiger partial charge is 0.483 e. The summed E-state index contributed by atoms with van der Waals surface area (Å²) in [4.78, 5) is 38.3. The number of rotatable bonds is 10. The molecule has 0 radical (unpaired) electrons. The summed E-state index contributed by atoms with van der Waals surface area (Å²) >= 11 is 4.50. The van der Waals surface area contributed by atoms with E-state index in [4.69, 9.17) is 9.15 Å². The fraction of sp³-hybridized carbons (Fsp3) is 0.0667. The van der Waals surface area contributed by atoms with Gasteiger partial charge in [-0.1, -0.05) is 28.1 Å². The van der Waals surface area contributed by atoms with E-state index in [9.17, 15) is 24.1 Å². The van der Waals surface area contributed by atoms with E-state index in [1.54, 1.807) is 42.5 Å². The first kappa shape index (κ1) is 30.4. The molecule has 2 heterocycles. The lowest BCUT2D eigenvalue weighted by Gasteiger charge is -2.13. The summed E-state index contributed by atoms with van der Waals surface area (Å²) in [6.07, 6.45) is 4.47. The first-order valence-corrected chi connectivity index (χ1v) is 14.4. The molecule has 11 nitrogen and oxygen atoms in total. The minimum Gasteiger partial charge on any atom is -0.483 e. The van der Waals surface area contributed by atoms with E-state index in [0.717, 1.165) is 11.8 Å². The van der Waals surface area contributed by atoms with Crippen LogP contribution in [0.2, 0.25) is 0 Å². The van der Waals surface area contributed by atoms with E-state index in [1.807, 2.05) is 0 Å². The highest BCUT2D eigenvalue weighted by atomic mass is 79.9. The summed E-state index contributed by atoms with van der Waals surface area (Å²) in [5.41, 5.74) is 1.31. The monoisotopic (exact) mass is 677 g/mol. The van der Waals surface area contributed by atoms with Crippen LogP contribution in [0.1, 0.15) is 16.9 Å². The van der Waals surface area contributed by atoms with E-state index < -0.39 is 16.6 Å². The van der Waals surface area contributed by atoms with Crippen molar-refractivity contribution in [1.29, 1.82) is 0 Å². The lowest BCUT2D eigenvalue weighted by atomic mass is 10.2. The number of carbonyl (C=O) groups is 2. The Labute approximate surface area is 262 Å². The number of amidine groups is 1. The molecule has 0 atom stereocenters. The average Bonchev–Trinajstić information content (AvgIpc) is 3.62. The Hall–Kier alpha value is -5.08. The predicted molar refractivity (Wildman–Crippen MR) is 168 cm³/mol. The maximum Gasteiger partial charge on any atom is 0.270 e. The topological polar surface area (TPSA) is 140 Å². The molecule has 0 bridgehead atoms. The summed E-state index contributed by atoms with van der Waals surface area (Å²) in [7, 11) is 0. The minimum absolute atomic E-state index is 0.0864. The number of hydrogen-bond donors (Lipinski definition) is 1. The molecule has 1 aliphatic rings. The maximum atomic E-state index is 13.5. The van der Waals surface area contributed by atoms with Gasteiger partial charge in [0.15, 0.2) is 11.8 Å². The zero-order chi connectivity index (χ0) is 31.1. The van der Waals surface area contributed by atoms with Crippen LogP contribution in [0.25, 0.3) is 6.08 Å². The van der Waals surface area contributed by atoms with Gasteiger partial charge in [-0.05, 0) is 72.4 Å². The Balaban J connectivity index is 1.37. The standard InChI is InChI=1S/C30H21BrFN5O6S/c31-21-6-11-26(43-18-28(38)34-23-9-7-22(32)8-10-23)20(14-21)15-27-29(39)36(17-25-5-2-12-42-25)30(44-27)35-33-16-19-3-1-4-24(13-19)37(40)41/h1-16H,17-18H2,(H,34,38)/b27-15-,33-16+,35-30-. The third-order valence-corrected chi connectivity index (χ3v) is 7.45. The molecule has 222 valence electrons. The molecule has 14 heteroatoms. The number of nitrogens with one attached hydrogen (secondary N) is 1. The first-order chi connectivity index (χ1) is 21.2. The third-order valence-electron chi connectivity index (χ3n) is 5.96. The number of hydrogen-bond acceptors (Lipinski definition) is 9. The molecule has 1 aromatic heterocycles. The van der Waals surface area contributed by atoms with Crippen LogP contribution in [-0.2, 0) is 16.1 Å². The van der Waals surface area contributed by atoms with Gasteiger partial charge < -0.3 is 14.5 Å². The quantitative estimate of drug-likeness (QED) is 0.0862. The van der Waals surface area contributed by atoms with Gasteiger partial charge in [-0.2, -0.15) is 5.10 Å². The van der Waals surface area contributed by atoms with Gasteiger partial charge in [0.25, 0.3) is 17.5 Å². The van der Waals surface area contributed by atoms with Gasteiger partial charge >= 0.3 is 0 Å². The molecule has 0 aliphatic carbocycles. The number of carbonyl (C=O) groups excluding carboxylic acids is 2. The van der Waals surface area contributed by atoms with Crippen LogP contribution < -0.4 is 10.1 Å². The second-order valence-corrected chi connectivity index (χ2v) is 11.0. The van der Waals surface area contributed by atoms with Crippen molar-refractivity contribution in [2.45, 2.75) is 6.54 Å². The smallest absolute Gasteiger partial charge is 0.270 e. The molecular weight excluding hydrogens is 657 g/mol. The molecule has 1 aliphatic heterocycles. The molecule has 0 unspecified atom stereocenters. The summed E-state index contributed by atoms with van der Waals surface area (Å²) in [6.45, 7) is -0.243. The van der Waals surface area contributed by atoms with E-state index in [0.29, 0.717) is 37.7 Å². The molecule has 0 spiro atoms. The number of non-ortho nitro benzene ring substituents is 1. The van der Waals surface area contributed by atoms with Crippen molar-refractivity contribution >= 4 is 68.3 Å². The molecule has 1 fully saturated rings. The predicted octanol–water partition coefficient (Wildman–Crippen LogP) is 6.61. The van der Waals surface area contributed by atoms with Crippen LogP contribution in [0.15, 0.2) is 109 Å². The van der Waals surface area contributed by atoms with Crippen molar-refractivity contribution < 1.29 is 28.1 Å². The lowest BCUT2D eigenvalue weighted by Crippen LogP contribution is -2.28. The molecule has 2 amide bonds. The first-order valence-electron chi connectivity index (χ1n) is 12.8. The van der Waals surface area contributed by atoms with Crippen molar-refractivity contribution in [3.8, 4) is 5.75 Å². The van der Waals surface area contributed by atoms with Gasteiger partial charge in [-0.3, -0.25) is 24.6 Å². The van der Waals surface area contributed by atoms with Crippen LogP contribution >= 0.6 is 27.7 Å². The third kappa shape index (κ3) is 7.85. The van der Waals surface area contributed by atoms with E-state index in [2.05, 4.69) is 31.4 Å². The Morgan fingerprint density at radius 2 is 1.95 bits per heavy atom. The number of anilines is 1. The summed E-state index contributed by atoms with van der Waals surface area (Å²) < 4.78 is 25.1. The van der Waals surface area contributed by atoms with Crippen molar-refractivity contribution in [2.75, 3.05) is 11.9 Å². The Morgan fingerprint density at radius 3 is 2.70 bits per heavy atom. The second-order valence-electron chi connectivity index (χ2n) is 9.09. The minimum atomic E-state index is -0.505. The van der Waals surface area contributed by atoms with Crippen molar-refractivity contribution in [3.05, 3.63) is 127 Å². The number of amides is 2. The van der Waals surface area contributed by atoms with Crippen LogP contribution in [0.5, 0.6) is 5.75 Å². The van der Waals surface area contributed by atoms with E-state index in [1.165, 1.54) is 59.8 Å². The van der Waals surface area contributed by atoms with Gasteiger partial charge in [-0.25, -0.2) is 4.39 Å². The number of halogens is 2. The van der Waals surface area contributed by atoms with Crippen LogP contribution in [0.3, 0.4) is 0 Å². The van der Waals surface area contributed by atoms with E-state index in [-0.39, 0.29) is 29.9 Å². The van der Waals surface area contributed by atoms with Crippen LogP contribution in [0, 0.1) is 15.9 Å². The second kappa shape index (κ2) is 13.9. The number of benzene rings is 3. The van der Waals surface area contributed by atoms with Gasteiger partial charge in [0.1, 0.15) is 17.3 Å². The molecule has 1 saturated heterocycles. The summed E-state index contributed by atoms with van der Waals surface area (Å²) in [6, 6.07) is 19.8. The highest BCUT2D eigenvalue weighted by Gasteiger charge is 2.34. The molecule has 3 aromatic carbocycles. The zero-order valence-electron chi connectivity index (χ0n) is 22.6. The van der Waals surface area contributed by atoms with Crippen molar-refractivity contribution in [2.24, 2.45) is 10.2 Å². The maximum absolute atomic E-state index is 13.5. The Bertz CT molecular complexity index is 1790. The SMILES string of the molecule is O=C(COc1ccc(Br)cc1/C=C1\S/C(=N\N=C\c2cccc([N+](=O)[O-])c2)N(Cc2ccco2)C1=O)Nc1ccc(F)cc1. The highest BCUT2D eigenvalue weighted by molar-refractivity contribution is 9.10. The summed E-state index contributed by atoms with van der Waals surface area (Å²) in [5, 5.41) is 22.3. The lowest BCUT2D eigenvalue weighted by molar-refractivity contribution is -0.384. The van der Waals surface area contributed by atoms with Crippen LogP contribution in [0.4, 0.5) is 15.8 Å². The fourth-order valence-corrected chi connectivity index (χ4v) is 5.23. The van der Waals surface area contributed by atoms with Crippen LogP contribution in [-0.4, -0.2) is 39.6 Å². The normalized spacial score (nSPS) is 15.0. The number of nitro groups is 1. The van der Waals surface area contributed by atoms with Gasteiger partial charge in [0.2, 0.25) is 0 Å². The van der Waals surface area contributed by atoms with Crippen molar-refractivity contribution in [3.63, 3.8) is 0 Å². The Kier molecular flexibility index (Phi) is 9.62. The summed E-state index contributed by atoms with van der Waals surface area (Å²) in [5.74, 6) is -0.374. The molecule has 1 N–H and O–H groups in total. The molecule has 4 aromatic rings. The number of furan rings is 1. The molecule has 5 rings (SSSR count). The molecular formula is C30H21BrFN5O6S.